The molecular weight excluding hydrogens is 745 g/mol. The van der Waals surface area contributed by atoms with Gasteiger partial charge in [0, 0.05) is 17.9 Å². The number of thiol groups is 2. The second kappa shape index (κ2) is 25.2. The fraction of sp³-hybridized carbons (Fsp3) is 0.618. The standard InChI is InChI=1S/C34H56N8O10S2/c1-18(2)13-23(38-31(48)25(16-53)40-28(45)21(36)15-43)29(46)39-24(14-20-9-5-4-6-10-20)30(47)41-26(17-54)32(49)42-27(19(3)44)33(50)37-22(34(51)52)11-7-8-12-35/h4-6,9-10,18-19,21-27,43-44,53-54H,7-8,11-17,35-36H2,1-3H3,(H,37,50)(H,38,48)(H,39,46)(H,40,45)(H,41,47)(H,42,49)(H,51,52)/t19-,21+,22+,23+,24+,25+,26+,27+/m1/s1. The van der Waals surface area contributed by atoms with Gasteiger partial charge >= 0.3 is 5.97 Å². The Kier molecular flexibility index (Phi) is 22.4. The van der Waals surface area contributed by atoms with Crippen LogP contribution in [-0.2, 0) is 40.0 Å². The maximum absolute atomic E-state index is 13.8. The van der Waals surface area contributed by atoms with Gasteiger partial charge in [-0.05, 0) is 50.6 Å². The summed E-state index contributed by atoms with van der Waals surface area (Å²) >= 11 is 8.30. The first-order chi connectivity index (χ1) is 25.5. The van der Waals surface area contributed by atoms with Gasteiger partial charge in [0.2, 0.25) is 35.4 Å². The number of nitrogens with one attached hydrogen (secondary N) is 6. The van der Waals surface area contributed by atoms with Gasteiger partial charge in [-0.15, -0.1) is 0 Å². The van der Waals surface area contributed by atoms with Gasteiger partial charge in [-0.2, -0.15) is 25.3 Å². The van der Waals surface area contributed by atoms with E-state index in [-0.39, 0.29) is 36.7 Å². The summed E-state index contributed by atoms with van der Waals surface area (Å²) in [5.41, 5.74) is 11.6. The molecule has 8 atom stereocenters. The van der Waals surface area contributed by atoms with Gasteiger partial charge in [-0.1, -0.05) is 44.2 Å². The Balaban J connectivity index is 3.25. The van der Waals surface area contributed by atoms with E-state index in [4.69, 9.17) is 11.5 Å². The highest BCUT2D eigenvalue weighted by Crippen LogP contribution is 2.10. The second-order valence-electron chi connectivity index (χ2n) is 13.1. The van der Waals surface area contributed by atoms with Crippen LogP contribution in [0.15, 0.2) is 30.3 Å². The predicted molar refractivity (Wildman–Crippen MR) is 206 cm³/mol. The number of aliphatic hydroxyl groups excluding tert-OH is 2. The fourth-order valence-corrected chi connectivity index (χ4v) is 5.51. The molecule has 1 rings (SSSR count). The van der Waals surface area contributed by atoms with Crippen LogP contribution in [0.3, 0.4) is 0 Å². The lowest BCUT2D eigenvalue weighted by Crippen LogP contribution is -2.61. The Morgan fingerprint density at radius 3 is 1.67 bits per heavy atom. The fourth-order valence-electron chi connectivity index (χ4n) is 5.00. The highest BCUT2D eigenvalue weighted by Gasteiger charge is 2.34. The maximum atomic E-state index is 13.8. The lowest BCUT2D eigenvalue weighted by molar-refractivity contribution is -0.143. The number of hydrogen-bond donors (Lipinski definition) is 13. The minimum atomic E-state index is -1.60. The van der Waals surface area contributed by atoms with E-state index in [9.17, 15) is 48.9 Å². The number of aliphatic carboxylic acids is 1. The molecule has 13 N–H and O–H groups in total. The Hall–Kier alpha value is -3.95. The number of nitrogens with two attached hydrogens (primary N) is 2. The molecule has 0 spiro atoms. The molecule has 18 nitrogen and oxygen atoms in total. The molecule has 0 fully saturated rings. The number of hydrogen-bond acceptors (Lipinski definition) is 13. The number of carbonyl (C=O) groups is 7. The summed E-state index contributed by atoms with van der Waals surface area (Å²) in [5.74, 6) is -6.90. The van der Waals surface area contributed by atoms with Crippen LogP contribution in [0.5, 0.6) is 0 Å². The summed E-state index contributed by atoms with van der Waals surface area (Å²) in [7, 11) is 0. The van der Waals surface area contributed by atoms with Crippen LogP contribution >= 0.6 is 25.3 Å². The van der Waals surface area contributed by atoms with Crippen molar-refractivity contribution in [2.75, 3.05) is 24.7 Å². The molecule has 1 aromatic rings. The molecule has 20 heteroatoms. The summed E-state index contributed by atoms with van der Waals surface area (Å²) < 4.78 is 0. The predicted octanol–water partition coefficient (Wildman–Crippen LogP) is -3.04. The van der Waals surface area contributed by atoms with E-state index in [1.807, 2.05) is 0 Å². The third kappa shape index (κ3) is 17.0. The zero-order chi connectivity index (χ0) is 41.0. The summed E-state index contributed by atoms with van der Waals surface area (Å²) in [4.78, 5) is 90.9. The average molecular weight is 801 g/mol. The number of rotatable bonds is 25. The van der Waals surface area contributed by atoms with Crippen molar-refractivity contribution in [3.8, 4) is 0 Å². The maximum Gasteiger partial charge on any atom is 0.326 e. The van der Waals surface area contributed by atoms with Crippen LogP contribution in [0.4, 0.5) is 0 Å². The quantitative estimate of drug-likeness (QED) is 0.0347. The lowest BCUT2D eigenvalue weighted by Gasteiger charge is -2.28. The van der Waals surface area contributed by atoms with Crippen molar-refractivity contribution in [1.29, 1.82) is 0 Å². The zero-order valence-corrected chi connectivity index (χ0v) is 32.5. The molecule has 0 saturated heterocycles. The molecule has 0 saturated carbocycles. The van der Waals surface area contributed by atoms with Crippen LogP contribution < -0.4 is 43.4 Å². The number of carboxylic acids is 1. The second-order valence-corrected chi connectivity index (χ2v) is 13.9. The summed E-state index contributed by atoms with van der Waals surface area (Å²) in [6.07, 6.45) is -0.389. The molecule has 0 aliphatic heterocycles. The van der Waals surface area contributed by atoms with Gasteiger partial charge in [-0.25, -0.2) is 4.79 Å². The lowest BCUT2D eigenvalue weighted by atomic mass is 10.0. The minimum Gasteiger partial charge on any atom is -0.480 e. The highest BCUT2D eigenvalue weighted by atomic mass is 32.1. The van der Waals surface area contributed by atoms with Crippen molar-refractivity contribution in [2.45, 2.75) is 101 Å². The van der Waals surface area contributed by atoms with Crippen LogP contribution in [0.25, 0.3) is 0 Å². The monoisotopic (exact) mass is 800 g/mol. The van der Waals surface area contributed by atoms with Crippen molar-refractivity contribution < 1.29 is 48.9 Å². The van der Waals surface area contributed by atoms with Crippen molar-refractivity contribution in [3.63, 3.8) is 0 Å². The SMILES string of the molecule is CC(C)C[C@H](NC(=O)[C@H](CS)NC(=O)[C@@H](N)CO)C(=O)N[C@@H](Cc1ccccc1)C(=O)N[C@@H](CS)C(=O)N[C@H](C(=O)N[C@@H](CCCCN)C(=O)O)[C@@H](C)O. The van der Waals surface area contributed by atoms with Crippen LogP contribution in [0.2, 0.25) is 0 Å². The highest BCUT2D eigenvalue weighted by molar-refractivity contribution is 7.80. The number of amides is 6. The molecule has 0 aliphatic rings. The molecule has 0 heterocycles. The molecule has 0 aromatic heterocycles. The molecular formula is C34H56N8O10S2. The van der Waals surface area contributed by atoms with Gasteiger partial charge in [-0.3, -0.25) is 28.8 Å². The Bertz CT molecular complexity index is 1390. The van der Waals surface area contributed by atoms with E-state index in [0.29, 0.717) is 24.9 Å². The van der Waals surface area contributed by atoms with E-state index in [0.717, 1.165) is 0 Å². The van der Waals surface area contributed by atoms with Gasteiger partial charge < -0.3 is 58.7 Å². The molecule has 54 heavy (non-hydrogen) atoms. The molecule has 0 unspecified atom stereocenters. The summed E-state index contributed by atoms with van der Waals surface area (Å²) in [5, 5.41) is 43.8. The smallest absolute Gasteiger partial charge is 0.326 e. The zero-order valence-electron chi connectivity index (χ0n) is 30.7. The molecule has 0 aliphatic carbocycles. The van der Waals surface area contributed by atoms with Gasteiger partial charge in [0.1, 0.15) is 42.3 Å². The third-order valence-corrected chi connectivity index (χ3v) is 8.77. The van der Waals surface area contributed by atoms with Crippen molar-refractivity contribution >= 4 is 66.7 Å². The van der Waals surface area contributed by atoms with Crippen molar-refractivity contribution in [1.82, 2.24) is 31.9 Å². The minimum absolute atomic E-state index is 0.0462. The first-order valence-corrected chi connectivity index (χ1v) is 18.8. The van der Waals surface area contributed by atoms with Crippen molar-refractivity contribution in [3.05, 3.63) is 35.9 Å². The summed E-state index contributed by atoms with van der Waals surface area (Å²) in [6.45, 7) is 4.50. The Morgan fingerprint density at radius 2 is 1.17 bits per heavy atom. The first kappa shape index (κ1) is 48.1. The van der Waals surface area contributed by atoms with E-state index in [2.05, 4.69) is 57.2 Å². The van der Waals surface area contributed by atoms with E-state index in [1.165, 1.54) is 6.92 Å². The van der Waals surface area contributed by atoms with Crippen LogP contribution in [-0.4, -0.2) is 130 Å². The molecule has 1 aromatic carbocycles. The van der Waals surface area contributed by atoms with E-state index in [1.54, 1.807) is 44.2 Å². The van der Waals surface area contributed by atoms with E-state index < -0.39 is 96.4 Å². The Labute approximate surface area is 325 Å². The normalized spacial score (nSPS) is 15.6. The van der Waals surface area contributed by atoms with Gasteiger partial charge in [0.05, 0.1) is 12.7 Å². The van der Waals surface area contributed by atoms with Crippen LogP contribution in [0.1, 0.15) is 52.0 Å². The molecule has 6 amide bonds. The summed E-state index contributed by atoms with van der Waals surface area (Å²) in [6, 6.07) is -0.645. The molecule has 304 valence electrons. The van der Waals surface area contributed by atoms with Crippen molar-refractivity contribution in [2.24, 2.45) is 17.4 Å². The first-order valence-electron chi connectivity index (χ1n) is 17.5. The largest absolute Gasteiger partial charge is 0.480 e. The van der Waals surface area contributed by atoms with Gasteiger partial charge in [0.25, 0.3) is 0 Å². The number of carbonyl (C=O) groups excluding carboxylic acids is 6. The number of carboxylic acid groups (broad SMARTS) is 1. The van der Waals surface area contributed by atoms with Crippen LogP contribution in [0, 0.1) is 5.92 Å². The van der Waals surface area contributed by atoms with Gasteiger partial charge in [0.15, 0.2) is 0 Å². The topological polar surface area (TPSA) is 304 Å². The molecule has 0 bridgehead atoms. The number of aliphatic hydroxyl groups is 2. The number of benzene rings is 1. The molecule has 0 radical (unpaired) electrons. The average Bonchev–Trinajstić information content (AvgIpc) is 3.13. The number of unbranched alkanes of at least 4 members (excludes halogenated alkanes) is 1. The van der Waals surface area contributed by atoms with E-state index >= 15 is 0 Å². The third-order valence-electron chi connectivity index (χ3n) is 8.04. The Morgan fingerprint density at radius 1 is 0.685 bits per heavy atom.